The van der Waals surface area contributed by atoms with Gasteiger partial charge in [-0.2, -0.15) is 11.8 Å². The molecule has 2 aliphatic rings. The van der Waals surface area contributed by atoms with E-state index in [4.69, 9.17) is 0 Å². The molecule has 1 aromatic heterocycles. The average molecular weight is 349 g/mol. The first-order valence-electron chi connectivity index (χ1n) is 8.91. The SMILES string of the molecule is CSC[C@@H]1CCN(C(=O)CCN2CCN(c3ccccn3)CC2)C1. The Kier molecular flexibility index (Phi) is 6.37. The summed E-state index contributed by atoms with van der Waals surface area (Å²) in [6, 6.07) is 6.05. The van der Waals surface area contributed by atoms with E-state index in [0.29, 0.717) is 18.2 Å². The summed E-state index contributed by atoms with van der Waals surface area (Å²) in [6.07, 6.45) is 5.83. The van der Waals surface area contributed by atoms with Crippen molar-refractivity contribution in [2.75, 3.05) is 62.7 Å². The van der Waals surface area contributed by atoms with Gasteiger partial charge in [0, 0.05) is 58.4 Å². The molecule has 0 unspecified atom stereocenters. The van der Waals surface area contributed by atoms with Gasteiger partial charge in [0.2, 0.25) is 5.91 Å². The highest BCUT2D eigenvalue weighted by molar-refractivity contribution is 7.98. The molecule has 2 fully saturated rings. The summed E-state index contributed by atoms with van der Waals surface area (Å²) in [7, 11) is 0. The van der Waals surface area contributed by atoms with Crippen LogP contribution >= 0.6 is 11.8 Å². The van der Waals surface area contributed by atoms with Gasteiger partial charge in [-0.25, -0.2) is 4.98 Å². The molecule has 0 aromatic carbocycles. The van der Waals surface area contributed by atoms with Gasteiger partial charge >= 0.3 is 0 Å². The second-order valence-corrected chi connectivity index (χ2v) is 7.63. The third-order valence-corrected chi connectivity index (χ3v) is 5.83. The van der Waals surface area contributed by atoms with E-state index in [0.717, 1.165) is 51.6 Å². The Hall–Kier alpha value is -1.27. The first-order chi connectivity index (χ1) is 11.8. The lowest BCUT2D eigenvalue weighted by Gasteiger charge is -2.35. The number of pyridine rings is 1. The van der Waals surface area contributed by atoms with E-state index in [9.17, 15) is 4.79 Å². The number of amides is 1. The first kappa shape index (κ1) is 17.5. The molecule has 3 rings (SSSR count). The van der Waals surface area contributed by atoms with Gasteiger partial charge in [0.25, 0.3) is 0 Å². The molecule has 0 spiro atoms. The van der Waals surface area contributed by atoms with Gasteiger partial charge in [-0.3, -0.25) is 9.69 Å². The maximum absolute atomic E-state index is 12.4. The van der Waals surface area contributed by atoms with Crippen LogP contribution in [0.15, 0.2) is 24.4 Å². The standard InChI is InChI=1S/C18H28N4OS/c1-24-15-16-5-9-22(14-16)18(23)6-8-20-10-12-21(13-11-20)17-4-2-3-7-19-17/h2-4,7,16H,5-6,8-15H2,1H3/t16-/m1/s1. The fourth-order valence-electron chi connectivity index (χ4n) is 3.58. The van der Waals surface area contributed by atoms with Crippen LogP contribution in [0.3, 0.4) is 0 Å². The Morgan fingerprint density at radius 1 is 1.25 bits per heavy atom. The van der Waals surface area contributed by atoms with Crippen LogP contribution in [0, 0.1) is 5.92 Å². The number of carbonyl (C=O) groups excluding carboxylic acids is 1. The molecular formula is C18H28N4OS. The molecule has 1 aromatic rings. The monoisotopic (exact) mass is 348 g/mol. The normalized spacial score (nSPS) is 22.1. The Labute approximate surface area is 149 Å². The predicted octanol–water partition coefficient (Wildman–Crippen LogP) is 1.81. The molecule has 0 bridgehead atoms. The number of piperazine rings is 1. The van der Waals surface area contributed by atoms with Gasteiger partial charge in [0.1, 0.15) is 5.82 Å². The van der Waals surface area contributed by atoms with Crippen LogP contribution in [0.25, 0.3) is 0 Å². The van der Waals surface area contributed by atoms with Gasteiger partial charge < -0.3 is 9.80 Å². The Morgan fingerprint density at radius 2 is 2.08 bits per heavy atom. The highest BCUT2D eigenvalue weighted by Gasteiger charge is 2.26. The molecule has 132 valence electrons. The number of hydrogen-bond acceptors (Lipinski definition) is 5. The van der Waals surface area contributed by atoms with Crippen LogP contribution < -0.4 is 4.90 Å². The second-order valence-electron chi connectivity index (χ2n) is 6.72. The van der Waals surface area contributed by atoms with Crippen molar-refractivity contribution in [2.45, 2.75) is 12.8 Å². The molecule has 2 aliphatic heterocycles. The summed E-state index contributed by atoms with van der Waals surface area (Å²) < 4.78 is 0. The molecule has 5 nitrogen and oxygen atoms in total. The van der Waals surface area contributed by atoms with Crippen molar-refractivity contribution in [1.82, 2.24) is 14.8 Å². The molecule has 0 radical (unpaired) electrons. The van der Waals surface area contributed by atoms with E-state index < -0.39 is 0 Å². The summed E-state index contributed by atoms with van der Waals surface area (Å²) in [5.74, 6) is 3.28. The van der Waals surface area contributed by atoms with Gasteiger partial charge in [0.15, 0.2) is 0 Å². The summed E-state index contributed by atoms with van der Waals surface area (Å²) in [6.45, 7) is 6.82. The van der Waals surface area contributed by atoms with Crippen molar-refractivity contribution < 1.29 is 4.79 Å². The van der Waals surface area contributed by atoms with Crippen molar-refractivity contribution in [3.8, 4) is 0 Å². The van der Waals surface area contributed by atoms with Gasteiger partial charge in [-0.1, -0.05) is 6.07 Å². The molecule has 0 saturated carbocycles. The number of hydrogen-bond donors (Lipinski definition) is 0. The number of thioether (sulfide) groups is 1. The summed E-state index contributed by atoms with van der Waals surface area (Å²) in [5, 5.41) is 0. The van der Waals surface area contributed by atoms with Crippen LogP contribution in [0.1, 0.15) is 12.8 Å². The fourth-order valence-corrected chi connectivity index (χ4v) is 4.33. The Morgan fingerprint density at radius 3 is 2.79 bits per heavy atom. The van der Waals surface area contributed by atoms with E-state index in [2.05, 4.69) is 32.0 Å². The highest BCUT2D eigenvalue weighted by Crippen LogP contribution is 2.20. The number of rotatable bonds is 6. The molecule has 2 saturated heterocycles. The lowest BCUT2D eigenvalue weighted by atomic mass is 10.2. The molecule has 24 heavy (non-hydrogen) atoms. The fraction of sp³-hybridized carbons (Fsp3) is 0.667. The van der Waals surface area contributed by atoms with Crippen LogP contribution in [0.4, 0.5) is 5.82 Å². The minimum Gasteiger partial charge on any atom is -0.354 e. The third kappa shape index (κ3) is 4.63. The summed E-state index contributed by atoms with van der Waals surface area (Å²) >= 11 is 1.89. The minimum absolute atomic E-state index is 0.339. The average Bonchev–Trinajstić information content (AvgIpc) is 3.10. The van der Waals surface area contributed by atoms with Crippen molar-refractivity contribution in [1.29, 1.82) is 0 Å². The molecule has 1 amide bonds. The number of nitrogens with zero attached hydrogens (tertiary/aromatic N) is 4. The van der Waals surface area contributed by atoms with Crippen LogP contribution in [0.5, 0.6) is 0 Å². The zero-order chi connectivity index (χ0) is 16.8. The van der Waals surface area contributed by atoms with Crippen LogP contribution in [-0.2, 0) is 4.79 Å². The van der Waals surface area contributed by atoms with Gasteiger partial charge in [0.05, 0.1) is 0 Å². The second kappa shape index (κ2) is 8.72. The van der Waals surface area contributed by atoms with Crippen LogP contribution in [0.2, 0.25) is 0 Å². The van der Waals surface area contributed by atoms with E-state index in [1.54, 1.807) is 0 Å². The minimum atomic E-state index is 0.339. The topological polar surface area (TPSA) is 39.7 Å². The molecule has 0 N–H and O–H groups in total. The zero-order valence-electron chi connectivity index (χ0n) is 14.6. The maximum atomic E-state index is 12.4. The Balaban J connectivity index is 1.37. The molecule has 1 atom stereocenters. The van der Waals surface area contributed by atoms with Crippen molar-refractivity contribution in [3.05, 3.63) is 24.4 Å². The molecule has 6 heteroatoms. The lowest BCUT2D eigenvalue weighted by Crippen LogP contribution is -2.47. The number of anilines is 1. The molecule has 3 heterocycles. The Bertz CT molecular complexity index is 519. The van der Waals surface area contributed by atoms with E-state index in [1.165, 1.54) is 12.2 Å². The molecular weight excluding hydrogens is 320 g/mol. The number of carbonyl (C=O) groups is 1. The zero-order valence-corrected chi connectivity index (χ0v) is 15.4. The van der Waals surface area contributed by atoms with E-state index >= 15 is 0 Å². The summed E-state index contributed by atoms with van der Waals surface area (Å²) in [4.78, 5) is 23.6. The number of aromatic nitrogens is 1. The number of likely N-dealkylation sites (tertiary alicyclic amines) is 1. The van der Waals surface area contributed by atoms with Crippen molar-refractivity contribution in [2.24, 2.45) is 5.92 Å². The first-order valence-corrected chi connectivity index (χ1v) is 10.3. The lowest BCUT2D eigenvalue weighted by molar-refractivity contribution is -0.130. The smallest absolute Gasteiger partial charge is 0.223 e. The van der Waals surface area contributed by atoms with Crippen molar-refractivity contribution >= 4 is 23.5 Å². The maximum Gasteiger partial charge on any atom is 0.223 e. The third-order valence-electron chi connectivity index (χ3n) is 5.03. The van der Waals surface area contributed by atoms with Crippen molar-refractivity contribution in [3.63, 3.8) is 0 Å². The van der Waals surface area contributed by atoms with Gasteiger partial charge in [-0.05, 0) is 36.5 Å². The highest BCUT2D eigenvalue weighted by atomic mass is 32.2. The predicted molar refractivity (Wildman–Crippen MR) is 101 cm³/mol. The van der Waals surface area contributed by atoms with Crippen LogP contribution in [-0.4, -0.2) is 78.5 Å². The largest absolute Gasteiger partial charge is 0.354 e. The quantitative estimate of drug-likeness (QED) is 0.784. The summed E-state index contributed by atoms with van der Waals surface area (Å²) in [5.41, 5.74) is 0. The molecule has 0 aliphatic carbocycles. The van der Waals surface area contributed by atoms with E-state index in [-0.39, 0.29) is 0 Å². The van der Waals surface area contributed by atoms with E-state index in [1.807, 2.05) is 30.1 Å². The van der Waals surface area contributed by atoms with Gasteiger partial charge in [-0.15, -0.1) is 0 Å².